The van der Waals surface area contributed by atoms with Crippen LogP contribution in [0.25, 0.3) is 5.57 Å². The fourth-order valence-corrected chi connectivity index (χ4v) is 6.24. The average molecular weight is 567 g/mol. The maximum Gasteiger partial charge on any atom is 0.410 e. The van der Waals surface area contributed by atoms with Gasteiger partial charge in [0.25, 0.3) is 5.91 Å². The SMILES string of the molecule is CC(C)(C)OC(=O)N1CC=C(c2cc(Cl)cc(NC(=O)c3cc(N4CCCS4(=O)=O)ccc3Cl)c2)CC1. The Morgan fingerprint density at radius 2 is 1.81 bits per heavy atom. The Labute approximate surface area is 227 Å². The number of rotatable bonds is 4. The van der Waals surface area contributed by atoms with E-state index in [-0.39, 0.29) is 22.4 Å². The number of benzene rings is 2. The van der Waals surface area contributed by atoms with E-state index in [9.17, 15) is 18.0 Å². The summed E-state index contributed by atoms with van der Waals surface area (Å²) < 4.78 is 31.4. The molecular weight excluding hydrogens is 537 g/mol. The Kier molecular flexibility index (Phi) is 7.78. The van der Waals surface area contributed by atoms with Gasteiger partial charge in [0.15, 0.2) is 0 Å². The van der Waals surface area contributed by atoms with Crippen LogP contribution in [0.4, 0.5) is 16.2 Å². The minimum atomic E-state index is -3.39. The lowest BCUT2D eigenvalue weighted by Gasteiger charge is -2.29. The number of anilines is 2. The zero-order chi connectivity index (χ0) is 27.0. The van der Waals surface area contributed by atoms with Crippen LogP contribution in [-0.4, -0.2) is 56.3 Å². The molecule has 4 rings (SSSR count). The zero-order valence-corrected chi connectivity index (χ0v) is 23.2. The third-order valence-corrected chi connectivity index (χ3v) is 8.39. The first kappa shape index (κ1) is 27.3. The van der Waals surface area contributed by atoms with Crippen molar-refractivity contribution in [3.8, 4) is 0 Å². The standard InChI is InChI=1S/C26H29Cl2N3O5S/c1-26(2,3)36-25(33)30-10-7-17(8-11-30)18-13-19(27)15-20(14-18)29-24(32)22-16-21(5-6-23(22)28)31-9-4-12-37(31,34)35/h5-7,13-16H,4,8-12H2,1-3H3,(H,29,32). The maximum atomic E-state index is 13.1. The topological polar surface area (TPSA) is 96.0 Å². The highest BCUT2D eigenvalue weighted by Crippen LogP contribution is 2.31. The molecule has 0 aromatic heterocycles. The lowest BCUT2D eigenvalue weighted by molar-refractivity contribution is 0.0270. The lowest BCUT2D eigenvalue weighted by Crippen LogP contribution is -2.39. The smallest absolute Gasteiger partial charge is 0.410 e. The second kappa shape index (κ2) is 10.6. The van der Waals surface area contributed by atoms with E-state index in [2.05, 4.69) is 5.32 Å². The fourth-order valence-electron chi connectivity index (χ4n) is 4.24. The summed E-state index contributed by atoms with van der Waals surface area (Å²) in [6.45, 7) is 6.75. The molecule has 0 aliphatic carbocycles. The van der Waals surface area contributed by atoms with Crippen molar-refractivity contribution in [1.82, 2.24) is 4.90 Å². The van der Waals surface area contributed by atoms with E-state index in [1.165, 1.54) is 16.4 Å². The van der Waals surface area contributed by atoms with E-state index in [1.54, 1.807) is 29.2 Å². The molecule has 198 valence electrons. The van der Waals surface area contributed by atoms with Crippen molar-refractivity contribution in [2.24, 2.45) is 0 Å². The van der Waals surface area contributed by atoms with Gasteiger partial charge in [-0.05, 0) is 81.1 Å². The van der Waals surface area contributed by atoms with E-state index in [0.29, 0.717) is 48.9 Å². The largest absolute Gasteiger partial charge is 0.444 e. The molecule has 0 bridgehead atoms. The van der Waals surface area contributed by atoms with Crippen LogP contribution in [0, 0.1) is 0 Å². The first-order chi connectivity index (χ1) is 17.3. The number of sulfonamides is 1. The third-order valence-electron chi connectivity index (χ3n) is 5.97. The number of carbonyl (C=O) groups excluding carboxylic acids is 2. The molecule has 2 aromatic carbocycles. The first-order valence-corrected chi connectivity index (χ1v) is 14.3. The summed E-state index contributed by atoms with van der Waals surface area (Å²) in [4.78, 5) is 27.1. The fraction of sp³-hybridized carbons (Fsp3) is 0.385. The normalized spacial score (nSPS) is 17.4. The number of nitrogens with one attached hydrogen (secondary N) is 1. The van der Waals surface area contributed by atoms with Gasteiger partial charge in [0.05, 0.1) is 22.0 Å². The highest BCUT2D eigenvalue weighted by atomic mass is 35.5. The molecule has 1 saturated heterocycles. The molecule has 0 saturated carbocycles. The first-order valence-electron chi connectivity index (χ1n) is 11.9. The Hall–Kier alpha value is -2.75. The maximum absolute atomic E-state index is 13.1. The van der Waals surface area contributed by atoms with Crippen molar-refractivity contribution >= 4 is 62.2 Å². The van der Waals surface area contributed by atoms with Crippen LogP contribution < -0.4 is 9.62 Å². The summed E-state index contributed by atoms with van der Waals surface area (Å²) in [5.74, 6) is -0.404. The predicted octanol–water partition coefficient (Wildman–Crippen LogP) is 5.81. The molecule has 0 unspecified atom stereocenters. The van der Waals surface area contributed by atoms with Crippen molar-refractivity contribution < 1.29 is 22.7 Å². The molecule has 2 amide bonds. The van der Waals surface area contributed by atoms with Gasteiger partial charge in [-0.2, -0.15) is 0 Å². The van der Waals surface area contributed by atoms with Gasteiger partial charge in [-0.3, -0.25) is 9.10 Å². The highest BCUT2D eigenvalue weighted by Gasteiger charge is 2.29. The van der Waals surface area contributed by atoms with Gasteiger partial charge >= 0.3 is 6.09 Å². The number of ether oxygens (including phenoxy) is 1. The molecule has 0 radical (unpaired) electrons. The monoisotopic (exact) mass is 565 g/mol. The highest BCUT2D eigenvalue weighted by molar-refractivity contribution is 7.93. The Morgan fingerprint density at radius 1 is 1.05 bits per heavy atom. The molecule has 2 aromatic rings. The van der Waals surface area contributed by atoms with Gasteiger partial charge in [0.1, 0.15) is 5.60 Å². The second-order valence-electron chi connectivity index (χ2n) is 9.99. The molecule has 0 atom stereocenters. The van der Waals surface area contributed by atoms with Crippen molar-refractivity contribution in [1.29, 1.82) is 0 Å². The van der Waals surface area contributed by atoms with Crippen LogP contribution in [-0.2, 0) is 14.8 Å². The number of amides is 2. The molecule has 2 aliphatic rings. The summed E-state index contributed by atoms with van der Waals surface area (Å²) in [6.07, 6.45) is 2.72. The van der Waals surface area contributed by atoms with E-state index in [0.717, 1.165) is 11.1 Å². The molecule has 1 N–H and O–H groups in total. The van der Waals surface area contributed by atoms with Crippen LogP contribution in [0.1, 0.15) is 49.5 Å². The summed E-state index contributed by atoms with van der Waals surface area (Å²) >= 11 is 12.7. The number of halogens is 2. The Bertz CT molecular complexity index is 1370. The van der Waals surface area contributed by atoms with Gasteiger partial charge in [0, 0.05) is 30.3 Å². The molecule has 11 heteroatoms. The average Bonchev–Trinajstić information content (AvgIpc) is 3.17. The van der Waals surface area contributed by atoms with Gasteiger partial charge < -0.3 is 15.0 Å². The van der Waals surface area contributed by atoms with E-state index >= 15 is 0 Å². The Balaban J connectivity index is 1.51. The van der Waals surface area contributed by atoms with Gasteiger partial charge in [-0.25, -0.2) is 13.2 Å². The predicted molar refractivity (Wildman–Crippen MR) is 147 cm³/mol. The second-order valence-corrected chi connectivity index (χ2v) is 12.9. The van der Waals surface area contributed by atoms with E-state index in [1.807, 2.05) is 26.8 Å². The van der Waals surface area contributed by atoms with Crippen LogP contribution in [0.15, 0.2) is 42.5 Å². The van der Waals surface area contributed by atoms with Crippen molar-refractivity contribution in [2.45, 2.75) is 39.2 Å². The van der Waals surface area contributed by atoms with Crippen LogP contribution in [0.2, 0.25) is 10.0 Å². The molecule has 1 fully saturated rings. The van der Waals surface area contributed by atoms with Crippen LogP contribution in [0.3, 0.4) is 0 Å². The van der Waals surface area contributed by atoms with Crippen LogP contribution >= 0.6 is 23.2 Å². The molecular formula is C26H29Cl2N3O5S. The number of carbonyl (C=O) groups is 2. The van der Waals surface area contributed by atoms with Gasteiger partial charge in [-0.15, -0.1) is 0 Å². The van der Waals surface area contributed by atoms with Gasteiger partial charge in [0.2, 0.25) is 10.0 Å². The molecule has 37 heavy (non-hydrogen) atoms. The third kappa shape index (κ3) is 6.58. The number of hydrogen-bond acceptors (Lipinski definition) is 5. The summed E-state index contributed by atoms with van der Waals surface area (Å²) in [7, 11) is -3.39. The summed E-state index contributed by atoms with van der Waals surface area (Å²) in [5.41, 5.74) is 2.30. The Morgan fingerprint density at radius 3 is 2.43 bits per heavy atom. The lowest BCUT2D eigenvalue weighted by atomic mass is 9.99. The summed E-state index contributed by atoms with van der Waals surface area (Å²) in [5, 5.41) is 3.47. The van der Waals surface area contributed by atoms with E-state index in [4.69, 9.17) is 27.9 Å². The minimum absolute atomic E-state index is 0.0772. The quantitative estimate of drug-likeness (QED) is 0.504. The van der Waals surface area contributed by atoms with Gasteiger partial charge in [-0.1, -0.05) is 29.3 Å². The van der Waals surface area contributed by atoms with Crippen molar-refractivity contribution in [3.05, 3.63) is 63.6 Å². The number of nitrogens with zero attached hydrogens (tertiary/aromatic N) is 2. The molecule has 2 heterocycles. The van der Waals surface area contributed by atoms with E-state index < -0.39 is 21.5 Å². The van der Waals surface area contributed by atoms with Crippen molar-refractivity contribution in [3.63, 3.8) is 0 Å². The molecule has 2 aliphatic heterocycles. The van der Waals surface area contributed by atoms with Crippen LogP contribution in [0.5, 0.6) is 0 Å². The summed E-state index contributed by atoms with van der Waals surface area (Å²) in [6, 6.07) is 9.84. The number of hydrogen-bond donors (Lipinski definition) is 1. The minimum Gasteiger partial charge on any atom is -0.444 e. The molecule has 8 nitrogen and oxygen atoms in total. The molecule has 0 spiro atoms. The zero-order valence-electron chi connectivity index (χ0n) is 20.9. The van der Waals surface area contributed by atoms with Crippen molar-refractivity contribution in [2.75, 3.05) is 35.0 Å².